The van der Waals surface area contributed by atoms with Crippen molar-refractivity contribution in [2.24, 2.45) is 0 Å². The zero-order chi connectivity index (χ0) is 27.5. The molecular weight excluding hydrogens is 520 g/mol. The molecule has 0 aliphatic rings. The van der Waals surface area contributed by atoms with Gasteiger partial charge in [-0.25, -0.2) is 18.0 Å². The van der Waals surface area contributed by atoms with E-state index in [1.807, 2.05) is 60.7 Å². The van der Waals surface area contributed by atoms with Crippen molar-refractivity contribution in [1.82, 2.24) is 0 Å². The van der Waals surface area contributed by atoms with Crippen LogP contribution in [0.15, 0.2) is 119 Å². The molecule has 4 aromatic carbocycles. The highest BCUT2D eigenvalue weighted by molar-refractivity contribution is 7.91. The van der Waals surface area contributed by atoms with Crippen LogP contribution >= 0.6 is 0 Å². The fourth-order valence-corrected chi connectivity index (χ4v) is 4.67. The molecule has 0 saturated carbocycles. The van der Waals surface area contributed by atoms with Gasteiger partial charge in [0.1, 0.15) is 24.7 Å². The highest BCUT2D eigenvalue weighted by atomic mass is 32.2. The van der Waals surface area contributed by atoms with E-state index in [1.54, 1.807) is 0 Å². The molecule has 0 amide bonds. The lowest BCUT2D eigenvalue weighted by atomic mass is 10.2. The molecule has 0 fully saturated rings. The molecule has 0 aromatic heterocycles. The quantitative estimate of drug-likeness (QED) is 0.234. The van der Waals surface area contributed by atoms with Gasteiger partial charge < -0.3 is 18.9 Å². The van der Waals surface area contributed by atoms with Gasteiger partial charge in [0.25, 0.3) is 0 Å². The molecule has 0 aliphatic carbocycles. The summed E-state index contributed by atoms with van der Waals surface area (Å²) in [4.78, 5) is 24.0. The van der Waals surface area contributed by atoms with E-state index in [1.165, 1.54) is 48.5 Å². The van der Waals surface area contributed by atoms with Gasteiger partial charge in [-0.15, -0.1) is 0 Å². The number of ether oxygens (including phenoxy) is 4. The smallest absolute Gasteiger partial charge is 0.344 e. The van der Waals surface area contributed by atoms with Crippen LogP contribution in [0.3, 0.4) is 0 Å². The van der Waals surface area contributed by atoms with Gasteiger partial charge in [-0.2, -0.15) is 0 Å². The zero-order valence-electron chi connectivity index (χ0n) is 20.9. The molecule has 4 aromatic rings. The minimum Gasteiger partial charge on any atom is -0.482 e. The van der Waals surface area contributed by atoms with Crippen molar-refractivity contribution >= 4 is 21.8 Å². The van der Waals surface area contributed by atoms with Crippen molar-refractivity contribution in [2.45, 2.75) is 23.0 Å². The summed E-state index contributed by atoms with van der Waals surface area (Å²) in [5, 5.41) is 0. The van der Waals surface area contributed by atoms with Crippen LogP contribution < -0.4 is 9.47 Å². The monoisotopic (exact) mass is 546 g/mol. The molecule has 0 spiro atoms. The van der Waals surface area contributed by atoms with E-state index in [0.29, 0.717) is 11.5 Å². The van der Waals surface area contributed by atoms with E-state index >= 15 is 0 Å². The number of carbonyl (C=O) groups is 2. The molecule has 200 valence electrons. The molecule has 39 heavy (non-hydrogen) atoms. The van der Waals surface area contributed by atoms with Crippen LogP contribution in [-0.4, -0.2) is 33.6 Å². The first kappa shape index (κ1) is 27.4. The van der Waals surface area contributed by atoms with E-state index in [9.17, 15) is 18.0 Å². The molecule has 0 saturated heterocycles. The molecule has 8 nitrogen and oxygen atoms in total. The van der Waals surface area contributed by atoms with Gasteiger partial charge in [0, 0.05) is 0 Å². The van der Waals surface area contributed by atoms with Crippen molar-refractivity contribution in [2.75, 3.05) is 13.2 Å². The number of carbonyl (C=O) groups excluding carboxylic acids is 2. The van der Waals surface area contributed by atoms with Crippen LogP contribution in [0, 0.1) is 0 Å². The van der Waals surface area contributed by atoms with Gasteiger partial charge in [-0.3, -0.25) is 0 Å². The Kier molecular flexibility index (Phi) is 9.31. The van der Waals surface area contributed by atoms with Gasteiger partial charge >= 0.3 is 11.9 Å². The maximum Gasteiger partial charge on any atom is 0.344 e. The second-order valence-corrected chi connectivity index (χ2v) is 10.3. The lowest BCUT2D eigenvalue weighted by molar-refractivity contribution is -0.148. The molecule has 0 radical (unpaired) electrons. The Morgan fingerprint density at radius 2 is 0.872 bits per heavy atom. The van der Waals surface area contributed by atoms with Crippen LogP contribution in [0.25, 0.3) is 0 Å². The second kappa shape index (κ2) is 13.3. The number of rotatable bonds is 12. The number of benzene rings is 4. The van der Waals surface area contributed by atoms with Crippen molar-refractivity contribution in [1.29, 1.82) is 0 Å². The van der Waals surface area contributed by atoms with Gasteiger partial charge in [-0.05, 0) is 59.7 Å². The third-order valence-electron chi connectivity index (χ3n) is 5.47. The molecule has 0 heterocycles. The van der Waals surface area contributed by atoms with E-state index in [2.05, 4.69) is 0 Å². The highest BCUT2D eigenvalue weighted by Gasteiger charge is 2.18. The largest absolute Gasteiger partial charge is 0.482 e. The topological polar surface area (TPSA) is 105 Å². The molecule has 0 atom stereocenters. The molecular formula is C30H26O8S. The van der Waals surface area contributed by atoms with Crippen molar-refractivity contribution < 1.29 is 37.0 Å². The van der Waals surface area contributed by atoms with Crippen LogP contribution in [0.1, 0.15) is 11.1 Å². The minimum absolute atomic E-state index is 0.0552. The predicted molar refractivity (Wildman–Crippen MR) is 142 cm³/mol. The lowest BCUT2D eigenvalue weighted by Gasteiger charge is -2.10. The molecule has 0 aliphatic heterocycles. The Balaban J connectivity index is 1.25. The normalized spacial score (nSPS) is 10.9. The first-order chi connectivity index (χ1) is 18.9. The first-order valence-electron chi connectivity index (χ1n) is 12.0. The maximum absolute atomic E-state index is 13.0. The van der Waals surface area contributed by atoms with Gasteiger partial charge in [0.2, 0.25) is 9.84 Å². The standard InChI is InChI=1S/C30H26O8S/c31-29(37-19-23-7-3-1-4-8-23)21-35-25-11-15-27(16-12-25)39(33,34)28-17-13-26(14-18-28)36-22-30(32)38-20-24-9-5-2-6-10-24/h1-18H,19-22H2. The summed E-state index contributed by atoms with van der Waals surface area (Å²) in [6.07, 6.45) is 0. The minimum atomic E-state index is -3.81. The Morgan fingerprint density at radius 1 is 0.513 bits per heavy atom. The van der Waals surface area contributed by atoms with E-state index < -0.39 is 21.8 Å². The summed E-state index contributed by atoms with van der Waals surface area (Å²) in [6, 6.07) is 30.0. The number of sulfone groups is 1. The van der Waals surface area contributed by atoms with Crippen LogP contribution in [-0.2, 0) is 42.1 Å². The zero-order valence-corrected chi connectivity index (χ0v) is 21.7. The van der Waals surface area contributed by atoms with Crippen LogP contribution in [0.2, 0.25) is 0 Å². The van der Waals surface area contributed by atoms with Crippen molar-refractivity contribution in [3.8, 4) is 11.5 Å². The summed E-state index contributed by atoms with van der Waals surface area (Å²) in [5.74, 6) is -0.424. The van der Waals surface area contributed by atoms with Gasteiger partial charge in [0.05, 0.1) is 9.79 Å². The maximum atomic E-state index is 13.0. The van der Waals surface area contributed by atoms with Crippen molar-refractivity contribution in [3.05, 3.63) is 120 Å². The molecule has 0 N–H and O–H groups in total. The molecule has 9 heteroatoms. The Morgan fingerprint density at radius 3 is 1.23 bits per heavy atom. The summed E-state index contributed by atoms with van der Waals surface area (Å²) >= 11 is 0. The summed E-state index contributed by atoms with van der Waals surface area (Å²) in [7, 11) is -3.81. The Bertz CT molecular complexity index is 1360. The lowest BCUT2D eigenvalue weighted by Crippen LogP contribution is -2.15. The SMILES string of the molecule is O=C(COc1ccc(S(=O)(=O)c2ccc(OCC(=O)OCc3ccccc3)cc2)cc1)OCc1ccccc1. The van der Waals surface area contributed by atoms with Gasteiger partial charge in [0.15, 0.2) is 13.2 Å². The summed E-state index contributed by atoms with van der Waals surface area (Å²) in [6.45, 7) is -0.328. The third kappa shape index (κ3) is 8.18. The number of hydrogen-bond donors (Lipinski definition) is 0. The predicted octanol–water partition coefficient (Wildman–Crippen LogP) is 4.76. The van der Waals surface area contributed by atoms with E-state index in [0.717, 1.165) is 11.1 Å². The van der Waals surface area contributed by atoms with Crippen molar-refractivity contribution in [3.63, 3.8) is 0 Å². The molecule has 0 bridgehead atoms. The Labute approximate surface area is 226 Å². The first-order valence-corrected chi connectivity index (χ1v) is 13.5. The summed E-state index contributed by atoms with van der Waals surface area (Å²) in [5.41, 5.74) is 1.72. The van der Waals surface area contributed by atoms with E-state index in [4.69, 9.17) is 18.9 Å². The van der Waals surface area contributed by atoms with E-state index in [-0.39, 0.29) is 36.2 Å². The Hall–Kier alpha value is -4.63. The summed E-state index contributed by atoms with van der Waals surface area (Å²) < 4.78 is 47.1. The van der Waals surface area contributed by atoms with Crippen LogP contribution in [0.5, 0.6) is 11.5 Å². The second-order valence-electron chi connectivity index (χ2n) is 8.32. The fraction of sp³-hybridized carbons (Fsp3) is 0.133. The average molecular weight is 547 g/mol. The number of hydrogen-bond acceptors (Lipinski definition) is 8. The van der Waals surface area contributed by atoms with Gasteiger partial charge in [-0.1, -0.05) is 60.7 Å². The van der Waals surface area contributed by atoms with Crippen LogP contribution in [0.4, 0.5) is 0 Å². The fourth-order valence-electron chi connectivity index (χ4n) is 3.41. The average Bonchev–Trinajstić information content (AvgIpc) is 2.98. The third-order valence-corrected chi connectivity index (χ3v) is 7.25. The molecule has 0 unspecified atom stereocenters. The number of esters is 2. The highest BCUT2D eigenvalue weighted by Crippen LogP contribution is 2.25. The molecule has 4 rings (SSSR count).